The average molecular weight is 909 g/mol. The Hall–Kier alpha value is -7.94. The first-order chi connectivity index (χ1) is 33.9. The Kier molecular flexibility index (Phi) is 14.2. The van der Waals surface area contributed by atoms with E-state index in [9.17, 15) is 0 Å². The molecule has 0 heterocycles. The summed E-state index contributed by atoms with van der Waals surface area (Å²) in [5, 5.41) is 0. The van der Waals surface area contributed by atoms with Gasteiger partial charge in [0.05, 0.1) is 0 Å². The van der Waals surface area contributed by atoms with Crippen molar-refractivity contribution in [2.45, 2.75) is 67.2 Å². The van der Waals surface area contributed by atoms with Crippen LogP contribution in [0.5, 0.6) is 0 Å². The molecule has 0 saturated heterocycles. The van der Waals surface area contributed by atoms with E-state index in [1.165, 1.54) is 89.3 Å². The Morgan fingerprint density at radius 3 is 0.786 bits per heavy atom. The third-order valence-corrected chi connectivity index (χ3v) is 13.4. The lowest BCUT2D eigenvalue weighted by Gasteiger charge is -2.27. The zero-order valence-electron chi connectivity index (χ0n) is 42.0. The van der Waals surface area contributed by atoms with Crippen LogP contribution < -0.4 is 9.80 Å². The highest BCUT2D eigenvalue weighted by Crippen LogP contribution is 2.40. The number of nitrogens with zero attached hydrogens (tertiary/aromatic N) is 2. The maximum atomic E-state index is 2.37. The van der Waals surface area contributed by atoms with Crippen molar-refractivity contribution in [3.63, 3.8) is 0 Å². The summed E-state index contributed by atoms with van der Waals surface area (Å²) in [6.45, 7) is 17.6. The van der Waals surface area contributed by atoms with Crippen LogP contribution in [0.2, 0.25) is 0 Å². The largest absolute Gasteiger partial charge is 0.310 e. The zero-order chi connectivity index (χ0) is 48.7. The molecule has 0 atom stereocenters. The minimum atomic E-state index is 0.529. The molecule has 0 amide bonds. The standard InChI is InChI=1S/C68H64N2/c1-47(2)57-23-15-53(16-24-57)11-13-55-19-35-63(36-20-55)69(67-43-9-49(5)45-51(67)7)65-39-31-61(32-40-65)59-27-29-60(30-28-59)62-33-41-66(42-34-62)70(68-44-10-50(6)46-52(68)8)64-37-21-56(22-38-64)14-12-54-17-25-58(26-18-54)48(3)4/h9-48H,1-8H3/b13-11+,14-12+. The predicted molar refractivity (Wildman–Crippen MR) is 305 cm³/mol. The third kappa shape index (κ3) is 11.0. The van der Waals surface area contributed by atoms with E-state index < -0.39 is 0 Å². The molecule has 70 heavy (non-hydrogen) atoms. The highest BCUT2D eigenvalue weighted by Gasteiger charge is 2.17. The summed E-state index contributed by atoms with van der Waals surface area (Å²) in [5.41, 5.74) is 24.0. The fourth-order valence-electron chi connectivity index (χ4n) is 9.27. The van der Waals surface area contributed by atoms with E-state index in [1.54, 1.807) is 0 Å². The molecule has 2 nitrogen and oxygen atoms in total. The van der Waals surface area contributed by atoms with E-state index in [4.69, 9.17) is 0 Å². The molecule has 2 heteroatoms. The van der Waals surface area contributed by atoms with Gasteiger partial charge < -0.3 is 9.80 Å². The van der Waals surface area contributed by atoms with Crippen LogP contribution in [0.3, 0.4) is 0 Å². The maximum absolute atomic E-state index is 2.37. The fraction of sp³-hybridized carbons (Fsp3) is 0.147. The zero-order valence-corrected chi connectivity index (χ0v) is 42.0. The molecule has 0 spiro atoms. The first-order valence-corrected chi connectivity index (χ1v) is 24.8. The lowest BCUT2D eigenvalue weighted by molar-refractivity contribution is 0.866. The van der Waals surface area contributed by atoms with Gasteiger partial charge in [-0.1, -0.05) is 209 Å². The highest BCUT2D eigenvalue weighted by molar-refractivity contribution is 5.83. The van der Waals surface area contributed by atoms with Crippen LogP contribution in [0.15, 0.2) is 206 Å². The van der Waals surface area contributed by atoms with Gasteiger partial charge in [-0.15, -0.1) is 0 Å². The smallest absolute Gasteiger partial charge is 0.0490 e. The molecule has 0 aliphatic heterocycles. The molecule has 9 aromatic carbocycles. The second-order valence-electron chi connectivity index (χ2n) is 19.4. The molecular formula is C68H64N2. The first-order valence-electron chi connectivity index (χ1n) is 24.8. The average Bonchev–Trinajstić information content (AvgIpc) is 3.38. The molecule has 0 N–H and O–H groups in total. The Bertz CT molecular complexity index is 3000. The van der Waals surface area contributed by atoms with Gasteiger partial charge in [0.1, 0.15) is 0 Å². The quantitative estimate of drug-likeness (QED) is 0.100. The normalized spacial score (nSPS) is 11.6. The van der Waals surface area contributed by atoms with Crippen LogP contribution in [-0.4, -0.2) is 0 Å². The summed E-state index contributed by atoms with van der Waals surface area (Å²) >= 11 is 0. The summed E-state index contributed by atoms with van der Waals surface area (Å²) in [4.78, 5) is 4.73. The summed E-state index contributed by atoms with van der Waals surface area (Å²) in [5.74, 6) is 1.06. The van der Waals surface area contributed by atoms with Gasteiger partial charge in [0.15, 0.2) is 0 Å². The van der Waals surface area contributed by atoms with Crippen molar-refractivity contribution in [1.29, 1.82) is 0 Å². The molecule has 0 radical (unpaired) electrons. The molecule has 0 bridgehead atoms. The van der Waals surface area contributed by atoms with Crippen LogP contribution >= 0.6 is 0 Å². The van der Waals surface area contributed by atoms with E-state index in [0.717, 1.165) is 22.7 Å². The third-order valence-electron chi connectivity index (χ3n) is 13.4. The van der Waals surface area contributed by atoms with Gasteiger partial charge in [0, 0.05) is 34.1 Å². The molecular weight excluding hydrogens is 845 g/mol. The maximum Gasteiger partial charge on any atom is 0.0490 e. The van der Waals surface area contributed by atoms with Crippen molar-refractivity contribution in [3.05, 3.63) is 262 Å². The van der Waals surface area contributed by atoms with Crippen molar-refractivity contribution < 1.29 is 0 Å². The van der Waals surface area contributed by atoms with Crippen molar-refractivity contribution in [1.82, 2.24) is 0 Å². The Morgan fingerprint density at radius 2 is 0.529 bits per heavy atom. The molecule has 0 fully saturated rings. The first kappa shape index (κ1) is 47.1. The van der Waals surface area contributed by atoms with Gasteiger partial charge in [-0.3, -0.25) is 0 Å². The lowest BCUT2D eigenvalue weighted by Crippen LogP contribution is -2.11. The van der Waals surface area contributed by atoms with E-state index in [2.05, 4.69) is 296 Å². The summed E-state index contributed by atoms with van der Waals surface area (Å²) in [6, 6.07) is 75.8. The number of aryl methyl sites for hydroxylation is 4. The SMILES string of the molecule is Cc1ccc(N(c2ccc(/C=C/c3ccc(C(C)C)cc3)cc2)c2ccc(-c3ccc(-c4ccc(N(c5ccc(/C=C/c6ccc(C(C)C)cc6)cc5)c5ccc(C)cc5C)cc4)cc3)cc2)c(C)c1. The van der Waals surface area contributed by atoms with Gasteiger partial charge in [0.25, 0.3) is 0 Å². The molecule has 346 valence electrons. The van der Waals surface area contributed by atoms with Crippen molar-refractivity contribution in [3.8, 4) is 22.3 Å². The van der Waals surface area contributed by atoms with Crippen LogP contribution in [0, 0.1) is 27.7 Å². The number of hydrogen-bond donors (Lipinski definition) is 0. The van der Waals surface area contributed by atoms with Crippen molar-refractivity contribution in [2.24, 2.45) is 0 Å². The molecule has 0 aliphatic rings. The van der Waals surface area contributed by atoms with Crippen LogP contribution in [0.25, 0.3) is 46.6 Å². The molecule has 0 unspecified atom stereocenters. The highest BCUT2D eigenvalue weighted by atomic mass is 15.1. The topological polar surface area (TPSA) is 6.48 Å². The number of anilines is 6. The second-order valence-corrected chi connectivity index (χ2v) is 19.4. The van der Waals surface area contributed by atoms with Gasteiger partial charge in [-0.25, -0.2) is 0 Å². The lowest BCUT2D eigenvalue weighted by atomic mass is 9.99. The van der Waals surface area contributed by atoms with Crippen molar-refractivity contribution >= 4 is 58.4 Å². The van der Waals surface area contributed by atoms with Gasteiger partial charge in [-0.05, 0) is 167 Å². The van der Waals surface area contributed by atoms with Crippen molar-refractivity contribution in [2.75, 3.05) is 9.80 Å². The minimum Gasteiger partial charge on any atom is -0.310 e. The number of rotatable bonds is 14. The Morgan fingerprint density at radius 1 is 0.286 bits per heavy atom. The number of hydrogen-bond acceptors (Lipinski definition) is 2. The molecule has 0 aliphatic carbocycles. The van der Waals surface area contributed by atoms with Gasteiger partial charge >= 0.3 is 0 Å². The second kappa shape index (κ2) is 21.1. The van der Waals surface area contributed by atoms with Crippen LogP contribution in [0.4, 0.5) is 34.1 Å². The minimum absolute atomic E-state index is 0.529. The molecule has 9 rings (SSSR count). The predicted octanol–water partition coefficient (Wildman–Crippen LogP) is 19.8. The van der Waals surface area contributed by atoms with E-state index in [0.29, 0.717) is 11.8 Å². The monoisotopic (exact) mass is 909 g/mol. The molecule has 9 aromatic rings. The Labute approximate surface area is 417 Å². The van der Waals surface area contributed by atoms with Crippen LogP contribution in [0.1, 0.15) is 95.2 Å². The van der Waals surface area contributed by atoms with E-state index in [1.807, 2.05) is 0 Å². The molecule has 0 aromatic heterocycles. The Balaban J connectivity index is 0.926. The van der Waals surface area contributed by atoms with Gasteiger partial charge in [0.2, 0.25) is 0 Å². The van der Waals surface area contributed by atoms with Crippen LogP contribution in [-0.2, 0) is 0 Å². The van der Waals surface area contributed by atoms with Gasteiger partial charge in [-0.2, -0.15) is 0 Å². The molecule has 0 saturated carbocycles. The van der Waals surface area contributed by atoms with E-state index >= 15 is 0 Å². The fourth-order valence-corrected chi connectivity index (χ4v) is 9.27. The summed E-state index contributed by atoms with van der Waals surface area (Å²) < 4.78 is 0. The van der Waals surface area contributed by atoms with E-state index in [-0.39, 0.29) is 0 Å². The summed E-state index contributed by atoms with van der Waals surface area (Å²) in [6.07, 6.45) is 8.77. The number of benzene rings is 9. The summed E-state index contributed by atoms with van der Waals surface area (Å²) in [7, 11) is 0.